The van der Waals surface area contributed by atoms with Crippen LogP contribution in [0.2, 0.25) is 0 Å². The predicted molar refractivity (Wildman–Crippen MR) is 134 cm³/mol. The van der Waals surface area contributed by atoms with E-state index in [0.717, 1.165) is 56.7 Å². The van der Waals surface area contributed by atoms with E-state index in [2.05, 4.69) is 61.8 Å². The SMILES string of the molecule is C=C/C=C\C=C(/C)C(=C)NCCN(CC)CCCCOC(/C=C\CC(C)C=C)=N/C. The van der Waals surface area contributed by atoms with Crippen LogP contribution in [-0.2, 0) is 4.74 Å². The minimum atomic E-state index is 0.472. The minimum absolute atomic E-state index is 0.472. The van der Waals surface area contributed by atoms with E-state index in [1.165, 1.54) is 0 Å². The Hall–Kier alpha value is -2.33. The molecule has 0 bridgehead atoms. The molecule has 0 heterocycles. The van der Waals surface area contributed by atoms with Crippen LogP contribution in [-0.4, -0.2) is 50.6 Å². The first-order chi connectivity index (χ1) is 14.5. The van der Waals surface area contributed by atoms with E-state index >= 15 is 0 Å². The third kappa shape index (κ3) is 14.6. The Balaban J connectivity index is 4.06. The van der Waals surface area contributed by atoms with E-state index in [1.54, 1.807) is 13.1 Å². The lowest BCUT2D eigenvalue weighted by Crippen LogP contribution is -2.32. The van der Waals surface area contributed by atoms with Crippen molar-refractivity contribution >= 4 is 5.90 Å². The molecule has 0 radical (unpaired) electrons. The summed E-state index contributed by atoms with van der Waals surface area (Å²) in [5.74, 6) is 1.17. The molecule has 0 aromatic carbocycles. The van der Waals surface area contributed by atoms with Gasteiger partial charge in [-0.05, 0) is 56.8 Å². The van der Waals surface area contributed by atoms with Crippen LogP contribution in [0.4, 0.5) is 0 Å². The number of nitrogens with zero attached hydrogens (tertiary/aromatic N) is 2. The Bertz CT molecular complexity index is 614. The monoisotopic (exact) mass is 413 g/mol. The second-order valence-corrected chi connectivity index (χ2v) is 7.28. The summed E-state index contributed by atoms with van der Waals surface area (Å²) in [7, 11) is 1.77. The molecule has 0 saturated heterocycles. The van der Waals surface area contributed by atoms with Crippen LogP contribution in [0.1, 0.15) is 40.0 Å². The first-order valence-corrected chi connectivity index (χ1v) is 11.0. The summed E-state index contributed by atoms with van der Waals surface area (Å²) in [6, 6.07) is 0. The van der Waals surface area contributed by atoms with Crippen LogP contribution in [0.15, 0.2) is 78.5 Å². The maximum absolute atomic E-state index is 5.78. The van der Waals surface area contributed by atoms with Crippen LogP contribution in [0, 0.1) is 5.92 Å². The van der Waals surface area contributed by atoms with Gasteiger partial charge in [0, 0.05) is 25.8 Å². The van der Waals surface area contributed by atoms with Gasteiger partial charge in [0.15, 0.2) is 0 Å². The van der Waals surface area contributed by atoms with E-state index in [-0.39, 0.29) is 0 Å². The maximum atomic E-state index is 5.78. The van der Waals surface area contributed by atoms with E-state index in [9.17, 15) is 0 Å². The molecule has 0 rings (SSSR count). The molecule has 0 aliphatic rings. The maximum Gasteiger partial charge on any atom is 0.207 e. The topological polar surface area (TPSA) is 36.9 Å². The summed E-state index contributed by atoms with van der Waals surface area (Å²) in [6.45, 7) is 22.7. The van der Waals surface area contributed by atoms with Crippen LogP contribution < -0.4 is 5.32 Å². The van der Waals surface area contributed by atoms with Crippen molar-refractivity contribution in [1.82, 2.24) is 10.2 Å². The van der Waals surface area contributed by atoms with Gasteiger partial charge in [0.25, 0.3) is 0 Å². The molecule has 0 spiro atoms. The third-order valence-electron chi connectivity index (χ3n) is 4.79. The summed E-state index contributed by atoms with van der Waals surface area (Å²) < 4.78 is 5.78. The fourth-order valence-corrected chi connectivity index (χ4v) is 2.59. The van der Waals surface area contributed by atoms with Gasteiger partial charge in [0.2, 0.25) is 5.90 Å². The fourth-order valence-electron chi connectivity index (χ4n) is 2.59. The van der Waals surface area contributed by atoms with Crippen LogP contribution >= 0.6 is 0 Å². The Morgan fingerprint density at radius 1 is 1.20 bits per heavy atom. The van der Waals surface area contributed by atoms with E-state index in [1.807, 2.05) is 30.4 Å². The van der Waals surface area contributed by atoms with Crippen molar-refractivity contribution in [2.45, 2.75) is 40.0 Å². The van der Waals surface area contributed by atoms with Gasteiger partial charge in [0.05, 0.1) is 6.61 Å². The second-order valence-electron chi connectivity index (χ2n) is 7.28. The molecule has 0 fully saturated rings. The van der Waals surface area contributed by atoms with Crippen molar-refractivity contribution in [3.63, 3.8) is 0 Å². The highest BCUT2D eigenvalue weighted by Gasteiger charge is 2.03. The van der Waals surface area contributed by atoms with Crippen LogP contribution in [0.5, 0.6) is 0 Å². The second kappa shape index (κ2) is 18.7. The molecule has 4 heteroatoms. The molecule has 168 valence electrons. The predicted octanol–water partition coefficient (Wildman–Crippen LogP) is 5.69. The van der Waals surface area contributed by atoms with Gasteiger partial charge in [0.1, 0.15) is 0 Å². The normalized spacial score (nSPS) is 13.8. The number of likely N-dealkylation sites (N-methyl/N-ethyl adjacent to an activating group) is 1. The summed E-state index contributed by atoms with van der Waals surface area (Å²) in [5.41, 5.74) is 2.10. The van der Waals surface area contributed by atoms with Crippen molar-refractivity contribution in [2.75, 3.05) is 39.8 Å². The van der Waals surface area contributed by atoms with Crippen molar-refractivity contribution in [2.24, 2.45) is 10.9 Å². The smallest absolute Gasteiger partial charge is 0.207 e. The number of hydrogen-bond acceptors (Lipinski definition) is 4. The number of ether oxygens (including phenoxy) is 1. The Morgan fingerprint density at radius 3 is 2.60 bits per heavy atom. The molecule has 0 aromatic heterocycles. The van der Waals surface area contributed by atoms with Gasteiger partial charge < -0.3 is 15.0 Å². The zero-order valence-corrected chi connectivity index (χ0v) is 19.7. The van der Waals surface area contributed by atoms with Crippen LogP contribution in [0.3, 0.4) is 0 Å². The van der Waals surface area contributed by atoms with Crippen molar-refractivity contribution in [1.29, 1.82) is 0 Å². The van der Waals surface area contributed by atoms with Gasteiger partial charge in [-0.15, -0.1) is 6.58 Å². The van der Waals surface area contributed by atoms with E-state index < -0.39 is 0 Å². The van der Waals surface area contributed by atoms with Crippen molar-refractivity contribution in [3.05, 3.63) is 73.5 Å². The Kier molecular flexibility index (Phi) is 17.2. The van der Waals surface area contributed by atoms with Crippen molar-refractivity contribution in [3.8, 4) is 0 Å². The molecule has 1 N–H and O–H groups in total. The Labute approximate surface area is 185 Å². The van der Waals surface area contributed by atoms with Crippen LogP contribution in [0.25, 0.3) is 0 Å². The van der Waals surface area contributed by atoms with E-state index in [0.29, 0.717) is 18.4 Å². The first kappa shape index (κ1) is 27.7. The molecule has 1 atom stereocenters. The summed E-state index contributed by atoms with van der Waals surface area (Å²) >= 11 is 0. The molecule has 1 unspecified atom stereocenters. The number of allylic oxidation sites excluding steroid dienone is 7. The lowest BCUT2D eigenvalue weighted by atomic mass is 10.1. The fraction of sp³-hybridized carbons (Fsp3) is 0.500. The molecule has 4 nitrogen and oxygen atoms in total. The van der Waals surface area contributed by atoms with Crippen molar-refractivity contribution < 1.29 is 4.74 Å². The molecular weight excluding hydrogens is 370 g/mol. The van der Waals surface area contributed by atoms with E-state index in [4.69, 9.17) is 4.74 Å². The lowest BCUT2D eigenvalue weighted by Gasteiger charge is -2.21. The van der Waals surface area contributed by atoms with Gasteiger partial charge in [-0.3, -0.25) is 4.99 Å². The minimum Gasteiger partial charge on any atom is -0.478 e. The zero-order chi connectivity index (χ0) is 22.6. The zero-order valence-electron chi connectivity index (χ0n) is 19.7. The third-order valence-corrected chi connectivity index (χ3v) is 4.79. The molecular formula is C26H43N3O. The van der Waals surface area contributed by atoms with Gasteiger partial charge in [-0.25, -0.2) is 0 Å². The molecule has 0 amide bonds. The molecule has 30 heavy (non-hydrogen) atoms. The summed E-state index contributed by atoms with van der Waals surface area (Å²) in [5, 5.41) is 3.41. The van der Waals surface area contributed by atoms with Gasteiger partial charge in [-0.1, -0.05) is 63.5 Å². The first-order valence-electron chi connectivity index (χ1n) is 11.0. The lowest BCUT2D eigenvalue weighted by molar-refractivity contribution is 0.255. The average Bonchev–Trinajstić information content (AvgIpc) is 2.75. The highest BCUT2D eigenvalue weighted by Crippen LogP contribution is 2.05. The van der Waals surface area contributed by atoms with Gasteiger partial charge >= 0.3 is 0 Å². The largest absolute Gasteiger partial charge is 0.478 e. The quantitative estimate of drug-likeness (QED) is 0.109. The number of aliphatic imine (C=N–C) groups is 1. The standard InChI is InChI=1S/C26H43N3O/c1-8-11-12-17-24(5)25(6)28-19-21-29(10-3)20-13-14-22-30-26(27-7)18-15-16-23(4)9-2/h8-9,11-12,15,17-18,23,28H,1-2,6,10,13-14,16,19-22H2,3-5,7H3/b12-11-,18-15-,24-17+,27-26+. The highest BCUT2D eigenvalue weighted by atomic mass is 16.5. The average molecular weight is 414 g/mol. The summed E-state index contributed by atoms with van der Waals surface area (Å²) in [4.78, 5) is 6.64. The molecule has 0 aliphatic heterocycles. The number of rotatable bonds is 17. The molecule has 0 aliphatic carbocycles. The molecule has 0 saturated carbocycles. The number of unbranched alkanes of at least 4 members (excludes halogenated alkanes) is 1. The number of nitrogens with one attached hydrogen (secondary N) is 1. The number of hydrogen-bond donors (Lipinski definition) is 1. The summed E-state index contributed by atoms with van der Waals surface area (Å²) in [6.07, 6.45) is 16.8. The van der Waals surface area contributed by atoms with Gasteiger partial charge in [-0.2, -0.15) is 0 Å². The Morgan fingerprint density at radius 2 is 1.97 bits per heavy atom. The highest BCUT2D eigenvalue weighted by molar-refractivity contribution is 5.87. The molecule has 0 aromatic rings.